The van der Waals surface area contributed by atoms with E-state index in [-0.39, 0.29) is 30.0 Å². The van der Waals surface area contributed by atoms with Crippen LogP contribution in [0.1, 0.15) is 50.5 Å². The third-order valence-corrected chi connectivity index (χ3v) is 12.4. The van der Waals surface area contributed by atoms with Gasteiger partial charge in [0, 0.05) is 19.1 Å². The number of carbonyl (C=O) groups excluding carboxylic acids is 1. The van der Waals surface area contributed by atoms with Gasteiger partial charge in [0.15, 0.2) is 5.05 Å². The summed E-state index contributed by atoms with van der Waals surface area (Å²) in [4.78, 5) is 22.8. The van der Waals surface area contributed by atoms with E-state index in [1.54, 1.807) is 7.11 Å². The van der Waals surface area contributed by atoms with Crippen LogP contribution >= 0.6 is 24.0 Å². The normalized spacial score (nSPS) is 20.9. The van der Waals surface area contributed by atoms with Crippen LogP contribution in [0.15, 0.2) is 54.6 Å². The SMILES string of the molecule is CCC(C(=S)OC)c1cccc2cc3ccccc3cc12.C[Si](C)(C)CCC(CCC[C@@H]1SC[C@@H]2NC(=O)N[C@@H]21)C(=O)O. The van der Waals surface area contributed by atoms with Crippen molar-refractivity contribution < 1.29 is 19.4 Å². The Morgan fingerprint density at radius 2 is 1.77 bits per heavy atom. The molecule has 2 heterocycles. The number of nitrogens with one attached hydrogen (secondary N) is 2. The molecule has 2 unspecified atom stereocenters. The molecule has 5 atom stereocenters. The van der Waals surface area contributed by atoms with Crippen molar-refractivity contribution in [2.24, 2.45) is 5.92 Å². The summed E-state index contributed by atoms with van der Waals surface area (Å²) in [7, 11) is 0.479. The van der Waals surface area contributed by atoms with Gasteiger partial charge in [-0.3, -0.25) is 4.79 Å². The van der Waals surface area contributed by atoms with Crippen LogP contribution < -0.4 is 10.6 Å². The minimum atomic E-state index is -1.18. The molecule has 3 aromatic rings. The number of benzene rings is 3. The molecule has 2 aliphatic rings. The monoisotopic (exact) mass is 638 g/mol. The van der Waals surface area contributed by atoms with Crippen molar-refractivity contribution in [1.82, 2.24) is 10.6 Å². The van der Waals surface area contributed by atoms with Crippen molar-refractivity contribution in [2.45, 2.75) is 88.0 Å². The molecule has 0 aromatic heterocycles. The molecule has 2 saturated heterocycles. The number of urea groups is 1. The number of carboxylic acids is 1. The molecule has 9 heteroatoms. The molecule has 2 aliphatic heterocycles. The first kappa shape index (κ1) is 33.3. The summed E-state index contributed by atoms with van der Waals surface area (Å²) < 4.78 is 5.33. The number of amides is 2. The zero-order valence-corrected chi connectivity index (χ0v) is 28.7. The first-order valence-electron chi connectivity index (χ1n) is 15.4. The minimum absolute atomic E-state index is 0.0566. The molecule has 6 nitrogen and oxygen atoms in total. The van der Waals surface area contributed by atoms with Gasteiger partial charge in [-0.25, -0.2) is 4.79 Å². The number of rotatable bonds is 11. The van der Waals surface area contributed by atoms with Crippen molar-refractivity contribution in [3.63, 3.8) is 0 Å². The summed E-state index contributed by atoms with van der Waals surface area (Å²) in [5, 5.41) is 21.5. The third kappa shape index (κ3) is 8.73. The second-order valence-corrected chi connectivity index (χ2v) is 20.2. The fourth-order valence-corrected chi connectivity index (χ4v) is 9.21. The van der Waals surface area contributed by atoms with Crippen LogP contribution in [0.5, 0.6) is 0 Å². The van der Waals surface area contributed by atoms with Gasteiger partial charge in [0.05, 0.1) is 31.0 Å². The van der Waals surface area contributed by atoms with E-state index < -0.39 is 14.0 Å². The van der Waals surface area contributed by atoms with E-state index in [2.05, 4.69) is 91.8 Å². The summed E-state index contributed by atoms with van der Waals surface area (Å²) in [6.07, 6.45) is 4.44. The summed E-state index contributed by atoms with van der Waals surface area (Å²) in [6.45, 7) is 9.01. The van der Waals surface area contributed by atoms with E-state index in [1.807, 2.05) is 11.8 Å². The fraction of sp³-hybridized carbons (Fsp3) is 0.500. The Morgan fingerprint density at radius 1 is 1.07 bits per heavy atom. The molecule has 5 rings (SSSR count). The van der Waals surface area contributed by atoms with Gasteiger partial charge in [-0.1, -0.05) is 81.5 Å². The number of methoxy groups -OCH3 is 1. The van der Waals surface area contributed by atoms with Crippen LogP contribution in [0.3, 0.4) is 0 Å². The molecule has 3 aromatic carbocycles. The van der Waals surface area contributed by atoms with E-state index >= 15 is 0 Å². The van der Waals surface area contributed by atoms with Crippen LogP contribution in [-0.2, 0) is 9.53 Å². The number of ether oxygens (including phenoxy) is 1. The minimum Gasteiger partial charge on any atom is -0.490 e. The van der Waals surface area contributed by atoms with Crippen molar-refractivity contribution in [1.29, 1.82) is 0 Å². The van der Waals surface area contributed by atoms with E-state index in [9.17, 15) is 14.7 Å². The Kier molecular flexibility index (Phi) is 11.5. The number of thioether (sulfide) groups is 1. The van der Waals surface area contributed by atoms with Crippen molar-refractivity contribution in [3.8, 4) is 0 Å². The van der Waals surface area contributed by atoms with Gasteiger partial charge in [0.25, 0.3) is 0 Å². The lowest BCUT2D eigenvalue weighted by molar-refractivity contribution is -0.142. The van der Waals surface area contributed by atoms with Gasteiger partial charge >= 0.3 is 12.0 Å². The van der Waals surface area contributed by atoms with Gasteiger partial charge in [0.1, 0.15) is 0 Å². The Hall–Kier alpha value is -2.62. The largest absolute Gasteiger partial charge is 0.490 e. The standard InChI is InChI=1S/C19H18OS.C15H28N2O3SSi/c1-3-16(19(21)20-2)17-10-6-9-15-11-13-7-4-5-8-14(13)12-18(15)17;1-22(2,3)8-7-10(14(18)19)5-4-6-12-13-11(9-21-12)16-15(20)17-13/h4-12,16H,3H2,1-2H3;10-13H,4-9H2,1-3H3,(H,18,19)(H2,16,17,20)/t;10?,11-,12-,13-/m.0/s1. The predicted octanol–water partition coefficient (Wildman–Crippen LogP) is 8.21. The van der Waals surface area contributed by atoms with Crippen LogP contribution in [0.2, 0.25) is 25.7 Å². The van der Waals surface area contributed by atoms with E-state index in [1.165, 1.54) is 27.1 Å². The van der Waals surface area contributed by atoms with Gasteiger partial charge < -0.3 is 20.5 Å². The second-order valence-electron chi connectivity index (χ2n) is 12.9. The Labute approximate surface area is 266 Å². The van der Waals surface area contributed by atoms with E-state index in [0.29, 0.717) is 10.3 Å². The zero-order chi connectivity index (χ0) is 31.1. The molecule has 0 bridgehead atoms. The first-order chi connectivity index (χ1) is 20.5. The summed E-state index contributed by atoms with van der Waals surface area (Å²) in [6, 6.07) is 20.9. The summed E-state index contributed by atoms with van der Waals surface area (Å²) >= 11 is 7.29. The molecule has 0 radical (unpaired) electrons. The molecule has 232 valence electrons. The first-order valence-corrected chi connectivity index (χ1v) is 20.6. The van der Waals surface area contributed by atoms with Crippen LogP contribution in [-0.4, -0.2) is 60.4 Å². The van der Waals surface area contributed by atoms with E-state index in [4.69, 9.17) is 17.0 Å². The second kappa shape index (κ2) is 14.9. The average molecular weight is 639 g/mol. The lowest BCUT2D eigenvalue weighted by Crippen LogP contribution is -2.36. The highest BCUT2D eigenvalue weighted by Crippen LogP contribution is 2.34. The number of aliphatic carboxylic acids is 1. The van der Waals surface area contributed by atoms with Crippen LogP contribution in [0, 0.1) is 5.92 Å². The van der Waals surface area contributed by atoms with E-state index in [0.717, 1.165) is 43.9 Å². The quantitative estimate of drug-likeness (QED) is 0.0849. The zero-order valence-electron chi connectivity index (χ0n) is 26.0. The fourth-order valence-electron chi connectivity index (χ4n) is 6.16. The maximum Gasteiger partial charge on any atom is 0.315 e. The lowest BCUT2D eigenvalue weighted by atomic mass is 9.90. The van der Waals surface area contributed by atoms with Gasteiger partial charge in [-0.05, 0) is 77.1 Å². The molecular formula is C34H46N2O4S2Si. The topological polar surface area (TPSA) is 87.7 Å². The highest BCUT2D eigenvalue weighted by Gasteiger charge is 2.42. The van der Waals surface area contributed by atoms with Crippen LogP contribution in [0.4, 0.5) is 4.79 Å². The molecule has 3 N–H and O–H groups in total. The molecular weight excluding hydrogens is 593 g/mol. The number of carbonyl (C=O) groups is 2. The molecule has 0 saturated carbocycles. The molecule has 2 fully saturated rings. The predicted molar refractivity (Wildman–Crippen MR) is 187 cm³/mol. The number of thiocarbonyl (C=S) groups is 1. The Morgan fingerprint density at radius 3 is 2.42 bits per heavy atom. The third-order valence-electron chi connectivity index (χ3n) is 8.62. The summed E-state index contributed by atoms with van der Waals surface area (Å²) in [5.41, 5.74) is 1.26. The summed E-state index contributed by atoms with van der Waals surface area (Å²) in [5.74, 6) is 0.276. The Bertz CT molecular complexity index is 1440. The maximum absolute atomic E-state index is 11.4. The Balaban J connectivity index is 0.000000197. The number of fused-ring (bicyclic) bond motifs is 3. The molecule has 0 spiro atoms. The van der Waals surface area contributed by atoms with Gasteiger partial charge in [-0.2, -0.15) is 11.8 Å². The van der Waals surface area contributed by atoms with Gasteiger partial charge in [-0.15, -0.1) is 0 Å². The molecule has 43 heavy (non-hydrogen) atoms. The van der Waals surface area contributed by atoms with Crippen molar-refractivity contribution >= 4 is 70.6 Å². The van der Waals surface area contributed by atoms with Crippen molar-refractivity contribution in [2.75, 3.05) is 12.9 Å². The number of hydrogen-bond acceptors (Lipinski definition) is 5. The van der Waals surface area contributed by atoms with Crippen LogP contribution in [0.25, 0.3) is 21.5 Å². The highest BCUT2D eigenvalue weighted by atomic mass is 32.2. The number of hydrogen-bond donors (Lipinski definition) is 3. The van der Waals surface area contributed by atoms with Crippen molar-refractivity contribution in [3.05, 3.63) is 60.2 Å². The highest BCUT2D eigenvalue weighted by molar-refractivity contribution is 8.00. The average Bonchev–Trinajstić information content (AvgIpc) is 3.52. The lowest BCUT2D eigenvalue weighted by Gasteiger charge is -2.20. The molecule has 0 aliphatic carbocycles. The maximum atomic E-state index is 11.4. The smallest absolute Gasteiger partial charge is 0.315 e. The molecule has 2 amide bonds. The number of carboxylic acid groups (broad SMARTS) is 1. The van der Waals surface area contributed by atoms with Gasteiger partial charge in [0.2, 0.25) is 0 Å².